The van der Waals surface area contributed by atoms with E-state index in [1.165, 1.54) is 0 Å². The standard InChI is InChI=1S/C16H25NO3/c1-11(2)17(12-8-16(3,4)9-12)15(18)14-7-6-13(20-14)10-19-5/h6-7,11-12H,8-10H2,1-5H3. The van der Waals surface area contributed by atoms with E-state index in [9.17, 15) is 4.79 Å². The topological polar surface area (TPSA) is 42.7 Å². The van der Waals surface area contributed by atoms with E-state index in [1.54, 1.807) is 19.2 Å². The highest BCUT2D eigenvalue weighted by Crippen LogP contribution is 2.43. The Morgan fingerprint density at radius 2 is 2.10 bits per heavy atom. The van der Waals surface area contributed by atoms with Crippen LogP contribution in [0.5, 0.6) is 0 Å². The second-order valence-electron chi connectivity index (χ2n) is 6.73. The number of furan rings is 1. The third-order valence-corrected chi connectivity index (χ3v) is 3.92. The number of amides is 1. The van der Waals surface area contributed by atoms with Gasteiger partial charge in [0, 0.05) is 19.2 Å². The summed E-state index contributed by atoms with van der Waals surface area (Å²) in [6.07, 6.45) is 2.12. The van der Waals surface area contributed by atoms with Crippen LogP contribution in [0.4, 0.5) is 0 Å². The molecule has 0 aromatic carbocycles. The maximum atomic E-state index is 12.6. The van der Waals surface area contributed by atoms with E-state index < -0.39 is 0 Å². The molecule has 1 aromatic heterocycles. The van der Waals surface area contributed by atoms with Gasteiger partial charge in [0.15, 0.2) is 5.76 Å². The molecule has 4 nitrogen and oxygen atoms in total. The van der Waals surface area contributed by atoms with Crippen molar-refractivity contribution in [2.75, 3.05) is 7.11 Å². The molecule has 1 fully saturated rings. The minimum atomic E-state index is -0.0112. The predicted octanol–water partition coefficient (Wildman–Crippen LogP) is 3.47. The number of ether oxygens (including phenoxy) is 1. The molecule has 112 valence electrons. The first kappa shape index (κ1) is 15.1. The fourth-order valence-corrected chi connectivity index (χ4v) is 3.07. The predicted molar refractivity (Wildman–Crippen MR) is 77.5 cm³/mol. The lowest BCUT2D eigenvalue weighted by Crippen LogP contribution is -2.53. The maximum Gasteiger partial charge on any atom is 0.290 e. The van der Waals surface area contributed by atoms with Gasteiger partial charge >= 0.3 is 0 Å². The molecule has 0 spiro atoms. The maximum absolute atomic E-state index is 12.6. The molecule has 0 N–H and O–H groups in total. The number of methoxy groups -OCH3 is 1. The zero-order valence-electron chi connectivity index (χ0n) is 13.1. The largest absolute Gasteiger partial charge is 0.453 e. The van der Waals surface area contributed by atoms with Gasteiger partial charge in [-0.2, -0.15) is 0 Å². The highest BCUT2D eigenvalue weighted by molar-refractivity contribution is 5.92. The van der Waals surface area contributed by atoms with Crippen LogP contribution in [0.25, 0.3) is 0 Å². The van der Waals surface area contributed by atoms with E-state index in [4.69, 9.17) is 9.15 Å². The van der Waals surface area contributed by atoms with Gasteiger partial charge in [-0.1, -0.05) is 13.8 Å². The molecule has 1 aliphatic carbocycles. The van der Waals surface area contributed by atoms with Crippen LogP contribution in [0, 0.1) is 5.41 Å². The smallest absolute Gasteiger partial charge is 0.290 e. The zero-order valence-corrected chi connectivity index (χ0v) is 13.1. The van der Waals surface area contributed by atoms with Crippen LogP contribution in [0.2, 0.25) is 0 Å². The van der Waals surface area contributed by atoms with E-state index in [0.717, 1.165) is 12.8 Å². The van der Waals surface area contributed by atoms with Gasteiger partial charge in [-0.05, 0) is 44.2 Å². The lowest BCUT2D eigenvalue weighted by Gasteiger charge is -2.49. The Balaban J connectivity index is 2.10. The Bertz CT molecular complexity index is 468. The summed E-state index contributed by atoms with van der Waals surface area (Å²) in [4.78, 5) is 14.6. The van der Waals surface area contributed by atoms with Gasteiger partial charge in [0.25, 0.3) is 5.91 Å². The summed E-state index contributed by atoms with van der Waals surface area (Å²) >= 11 is 0. The Kier molecular flexibility index (Phi) is 4.23. The van der Waals surface area contributed by atoms with Crippen molar-refractivity contribution in [3.05, 3.63) is 23.7 Å². The number of nitrogens with zero attached hydrogens (tertiary/aromatic N) is 1. The summed E-state index contributed by atoms with van der Waals surface area (Å²) in [6, 6.07) is 4.06. The van der Waals surface area contributed by atoms with Crippen molar-refractivity contribution < 1.29 is 13.9 Å². The molecule has 4 heteroatoms. The average Bonchev–Trinajstić information content (AvgIpc) is 2.75. The second-order valence-corrected chi connectivity index (χ2v) is 6.73. The van der Waals surface area contributed by atoms with Crippen molar-refractivity contribution in [1.82, 2.24) is 4.90 Å². The van der Waals surface area contributed by atoms with Crippen LogP contribution < -0.4 is 0 Å². The number of hydrogen-bond donors (Lipinski definition) is 0. The molecule has 0 unspecified atom stereocenters. The lowest BCUT2D eigenvalue weighted by molar-refractivity contribution is 0.00793. The van der Waals surface area contributed by atoms with E-state index >= 15 is 0 Å². The van der Waals surface area contributed by atoms with Crippen LogP contribution in [0.15, 0.2) is 16.5 Å². The van der Waals surface area contributed by atoms with Gasteiger partial charge in [-0.25, -0.2) is 0 Å². The molecule has 1 amide bonds. The number of carbonyl (C=O) groups excluding carboxylic acids is 1. The van der Waals surface area contributed by atoms with E-state index in [2.05, 4.69) is 27.7 Å². The zero-order chi connectivity index (χ0) is 14.9. The average molecular weight is 279 g/mol. The third-order valence-electron chi connectivity index (χ3n) is 3.92. The molecule has 1 heterocycles. The molecule has 0 saturated heterocycles. The monoisotopic (exact) mass is 279 g/mol. The van der Waals surface area contributed by atoms with Gasteiger partial charge in [0.05, 0.1) is 0 Å². The SMILES string of the molecule is COCc1ccc(C(=O)N(C(C)C)C2CC(C)(C)C2)o1. The fraction of sp³-hybridized carbons (Fsp3) is 0.688. The first-order valence-electron chi connectivity index (χ1n) is 7.24. The van der Waals surface area contributed by atoms with E-state index in [1.807, 2.05) is 4.90 Å². The van der Waals surface area contributed by atoms with Crippen molar-refractivity contribution in [2.24, 2.45) is 5.41 Å². The Morgan fingerprint density at radius 1 is 1.45 bits per heavy atom. The summed E-state index contributed by atoms with van der Waals surface area (Å²) in [7, 11) is 1.61. The van der Waals surface area contributed by atoms with Crippen LogP contribution in [0.1, 0.15) is 56.9 Å². The summed E-state index contributed by atoms with van der Waals surface area (Å²) in [6.45, 7) is 9.00. The molecule has 0 atom stereocenters. The van der Waals surface area contributed by atoms with Gasteiger partial charge in [-0.3, -0.25) is 4.79 Å². The Labute approximate surface area is 121 Å². The molecule has 1 saturated carbocycles. The highest BCUT2D eigenvalue weighted by atomic mass is 16.5. The highest BCUT2D eigenvalue weighted by Gasteiger charge is 2.42. The van der Waals surface area contributed by atoms with Crippen molar-refractivity contribution in [2.45, 2.75) is 59.2 Å². The second kappa shape index (κ2) is 5.60. The quantitative estimate of drug-likeness (QED) is 0.829. The summed E-state index contributed by atoms with van der Waals surface area (Å²) < 4.78 is 10.6. The molecular formula is C16H25NO3. The van der Waals surface area contributed by atoms with Crippen molar-refractivity contribution in [3.8, 4) is 0 Å². The number of carbonyl (C=O) groups is 1. The molecule has 1 aromatic rings. The Hall–Kier alpha value is -1.29. The van der Waals surface area contributed by atoms with Crippen LogP contribution >= 0.6 is 0 Å². The summed E-state index contributed by atoms with van der Waals surface area (Å²) in [5.74, 6) is 1.09. The van der Waals surface area contributed by atoms with Gasteiger partial charge < -0.3 is 14.1 Å². The van der Waals surface area contributed by atoms with Crippen LogP contribution in [-0.2, 0) is 11.3 Å². The minimum absolute atomic E-state index is 0.0112. The van der Waals surface area contributed by atoms with Crippen molar-refractivity contribution >= 4 is 5.91 Å². The van der Waals surface area contributed by atoms with Gasteiger partial charge in [0.2, 0.25) is 0 Å². The lowest BCUT2D eigenvalue weighted by atomic mass is 9.67. The number of rotatable bonds is 5. The third kappa shape index (κ3) is 3.06. The van der Waals surface area contributed by atoms with Gasteiger partial charge in [0.1, 0.15) is 12.4 Å². The molecular weight excluding hydrogens is 254 g/mol. The van der Waals surface area contributed by atoms with Crippen LogP contribution in [0.3, 0.4) is 0 Å². The number of hydrogen-bond acceptors (Lipinski definition) is 3. The Morgan fingerprint density at radius 3 is 2.60 bits per heavy atom. The van der Waals surface area contributed by atoms with Crippen molar-refractivity contribution in [1.29, 1.82) is 0 Å². The molecule has 2 rings (SSSR count). The molecule has 20 heavy (non-hydrogen) atoms. The van der Waals surface area contributed by atoms with E-state index in [-0.39, 0.29) is 11.9 Å². The van der Waals surface area contributed by atoms with Crippen molar-refractivity contribution in [3.63, 3.8) is 0 Å². The normalized spacial score (nSPS) is 18.1. The fourth-order valence-electron chi connectivity index (χ4n) is 3.07. The minimum Gasteiger partial charge on any atom is -0.453 e. The van der Waals surface area contributed by atoms with Crippen LogP contribution in [-0.4, -0.2) is 30.0 Å². The molecule has 0 aliphatic heterocycles. The van der Waals surface area contributed by atoms with Gasteiger partial charge in [-0.15, -0.1) is 0 Å². The molecule has 0 bridgehead atoms. The molecule has 0 radical (unpaired) electrons. The molecule has 1 aliphatic rings. The first-order chi connectivity index (χ1) is 9.34. The summed E-state index contributed by atoms with van der Waals surface area (Å²) in [5, 5.41) is 0. The first-order valence-corrected chi connectivity index (χ1v) is 7.24. The summed E-state index contributed by atoms with van der Waals surface area (Å²) in [5.41, 5.74) is 0.350. The van der Waals surface area contributed by atoms with E-state index in [0.29, 0.717) is 29.6 Å².